The summed E-state index contributed by atoms with van der Waals surface area (Å²) in [6.45, 7) is 0. The van der Waals surface area contributed by atoms with Gasteiger partial charge in [0.1, 0.15) is 14.9 Å². The summed E-state index contributed by atoms with van der Waals surface area (Å²) in [6, 6.07) is 31.7. The summed E-state index contributed by atoms with van der Waals surface area (Å²) in [5.74, 6) is 0.931. The van der Waals surface area contributed by atoms with Crippen LogP contribution in [0, 0.1) is 3.70 Å². The van der Waals surface area contributed by atoms with Crippen LogP contribution in [0.25, 0.3) is 0 Å². The van der Waals surface area contributed by atoms with Crippen molar-refractivity contribution in [2.24, 2.45) is 0 Å². The Morgan fingerprint density at radius 3 is 1.36 bits per heavy atom. The molecule has 0 aliphatic heterocycles. The number of aromatic nitrogens is 2. The van der Waals surface area contributed by atoms with Crippen molar-refractivity contribution in [1.82, 2.24) is 9.97 Å². The fraction of sp³-hybridized carbons (Fsp3) is 0.0455. The van der Waals surface area contributed by atoms with Crippen molar-refractivity contribution in [2.75, 3.05) is 0 Å². The second-order valence-electron chi connectivity index (χ2n) is 5.92. The molecule has 0 radical (unpaired) electrons. The Morgan fingerprint density at radius 2 is 1.04 bits per heavy atom. The lowest BCUT2D eigenvalue weighted by Gasteiger charge is -2.34. The van der Waals surface area contributed by atoms with Crippen molar-refractivity contribution >= 4 is 22.6 Å². The molecular weight excluding hydrogens is 419 g/mol. The largest absolute Gasteiger partial charge is 0.346 e. The number of rotatable bonds is 4. The SMILES string of the molecule is Ic1c[nH]c(C(c2ccccc2)(c2ccccc2)c2ccccc2)n1. The maximum Gasteiger partial charge on any atom is 0.127 e. The van der Waals surface area contributed by atoms with Crippen molar-refractivity contribution in [3.8, 4) is 0 Å². The Hall–Kier alpha value is -2.40. The van der Waals surface area contributed by atoms with E-state index >= 15 is 0 Å². The van der Waals surface area contributed by atoms with Gasteiger partial charge in [0.05, 0.1) is 0 Å². The third kappa shape index (κ3) is 2.78. The Kier molecular flexibility index (Phi) is 4.40. The van der Waals surface area contributed by atoms with E-state index in [1.54, 1.807) is 0 Å². The zero-order chi connectivity index (χ0) is 17.1. The van der Waals surface area contributed by atoms with Gasteiger partial charge >= 0.3 is 0 Å². The van der Waals surface area contributed by atoms with Gasteiger partial charge in [0.25, 0.3) is 0 Å². The number of halogens is 1. The van der Waals surface area contributed by atoms with Crippen LogP contribution in [-0.4, -0.2) is 9.97 Å². The van der Waals surface area contributed by atoms with Crippen LogP contribution in [-0.2, 0) is 5.41 Å². The highest BCUT2D eigenvalue weighted by molar-refractivity contribution is 14.1. The summed E-state index contributed by atoms with van der Waals surface area (Å²) in [7, 11) is 0. The molecule has 122 valence electrons. The molecule has 1 aromatic heterocycles. The maximum atomic E-state index is 4.84. The third-order valence-corrected chi connectivity index (χ3v) is 5.07. The van der Waals surface area contributed by atoms with Crippen LogP contribution in [0.1, 0.15) is 22.5 Å². The van der Waals surface area contributed by atoms with Gasteiger partial charge in [0.15, 0.2) is 0 Å². The lowest BCUT2D eigenvalue weighted by Crippen LogP contribution is -2.32. The van der Waals surface area contributed by atoms with Gasteiger partial charge in [-0.3, -0.25) is 0 Å². The van der Waals surface area contributed by atoms with Crippen molar-refractivity contribution in [3.05, 3.63) is 123 Å². The van der Waals surface area contributed by atoms with Gasteiger partial charge in [0, 0.05) is 6.20 Å². The van der Waals surface area contributed by atoms with E-state index < -0.39 is 5.41 Å². The van der Waals surface area contributed by atoms with E-state index in [-0.39, 0.29) is 0 Å². The minimum Gasteiger partial charge on any atom is -0.346 e. The van der Waals surface area contributed by atoms with Crippen molar-refractivity contribution < 1.29 is 0 Å². The van der Waals surface area contributed by atoms with Gasteiger partial charge in [-0.2, -0.15) is 0 Å². The zero-order valence-electron chi connectivity index (χ0n) is 13.6. The maximum absolute atomic E-state index is 4.84. The smallest absolute Gasteiger partial charge is 0.127 e. The Bertz CT molecular complexity index is 850. The first-order valence-corrected chi connectivity index (χ1v) is 9.27. The van der Waals surface area contributed by atoms with Crippen LogP contribution in [0.15, 0.2) is 97.2 Å². The first kappa shape index (κ1) is 16.1. The lowest BCUT2D eigenvalue weighted by molar-refractivity contribution is 0.691. The number of benzene rings is 3. The number of nitrogens with one attached hydrogen (secondary N) is 1. The highest BCUT2D eigenvalue weighted by atomic mass is 127. The Morgan fingerprint density at radius 1 is 0.640 bits per heavy atom. The quantitative estimate of drug-likeness (QED) is 0.337. The molecule has 3 aromatic carbocycles. The first-order valence-electron chi connectivity index (χ1n) is 8.20. The van der Waals surface area contributed by atoms with E-state index in [4.69, 9.17) is 4.98 Å². The molecule has 3 heteroatoms. The minimum absolute atomic E-state index is 0.479. The van der Waals surface area contributed by atoms with Crippen molar-refractivity contribution in [1.29, 1.82) is 0 Å². The predicted octanol–water partition coefficient (Wildman–Crippen LogP) is 5.40. The normalized spacial score (nSPS) is 11.4. The summed E-state index contributed by atoms with van der Waals surface area (Å²) in [5.41, 5.74) is 3.10. The highest BCUT2D eigenvalue weighted by Crippen LogP contribution is 2.43. The molecule has 4 rings (SSSR count). The fourth-order valence-electron chi connectivity index (χ4n) is 3.47. The van der Waals surface area contributed by atoms with Gasteiger partial charge in [-0.25, -0.2) is 4.98 Å². The second-order valence-corrected chi connectivity index (χ2v) is 7.03. The molecule has 0 saturated heterocycles. The molecule has 0 fully saturated rings. The summed E-state index contributed by atoms with van der Waals surface area (Å²) in [4.78, 5) is 8.27. The van der Waals surface area contributed by atoms with Crippen LogP contribution >= 0.6 is 22.6 Å². The van der Waals surface area contributed by atoms with Crippen LogP contribution in [0.3, 0.4) is 0 Å². The molecule has 1 N–H and O–H groups in total. The molecular formula is C22H17IN2. The molecule has 0 amide bonds. The van der Waals surface area contributed by atoms with Crippen LogP contribution in [0.4, 0.5) is 0 Å². The molecule has 0 aliphatic carbocycles. The number of aromatic amines is 1. The first-order chi connectivity index (χ1) is 12.3. The Labute approximate surface area is 161 Å². The summed E-state index contributed by atoms with van der Waals surface area (Å²) >= 11 is 2.26. The van der Waals surface area contributed by atoms with E-state index in [0.717, 1.165) is 9.53 Å². The van der Waals surface area contributed by atoms with Crippen molar-refractivity contribution in [2.45, 2.75) is 5.41 Å². The van der Waals surface area contributed by atoms with Gasteiger partial charge < -0.3 is 4.98 Å². The molecule has 4 aromatic rings. The standard InChI is InChI=1S/C22H17IN2/c23-20-16-24-21(25-20)22(17-10-4-1-5-11-17,18-12-6-2-7-13-18)19-14-8-3-9-15-19/h1-16H,(H,24,25). The monoisotopic (exact) mass is 436 g/mol. The zero-order valence-corrected chi connectivity index (χ0v) is 15.7. The van der Waals surface area contributed by atoms with Crippen LogP contribution in [0.5, 0.6) is 0 Å². The average Bonchev–Trinajstić information content (AvgIpc) is 3.12. The molecule has 2 nitrogen and oxygen atoms in total. The number of H-pyrrole nitrogens is 1. The minimum atomic E-state index is -0.479. The second kappa shape index (κ2) is 6.84. The van der Waals surface area contributed by atoms with Gasteiger partial charge in [-0.1, -0.05) is 91.0 Å². The highest BCUT2D eigenvalue weighted by Gasteiger charge is 2.40. The number of nitrogens with zero attached hydrogens (tertiary/aromatic N) is 1. The topological polar surface area (TPSA) is 28.7 Å². The molecule has 1 heterocycles. The summed E-state index contributed by atoms with van der Waals surface area (Å²) in [5, 5.41) is 0. The lowest BCUT2D eigenvalue weighted by atomic mass is 9.69. The average molecular weight is 436 g/mol. The molecule has 25 heavy (non-hydrogen) atoms. The van der Waals surface area contributed by atoms with E-state index in [2.05, 4.69) is 119 Å². The summed E-state index contributed by atoms with van der Waals surface area (Å²) < 4.78 is 0.958. The molecule has 0 spiro atoms. The van der Waals surface area contributed by atoms with Crippen LogP contribution < -0.4 is 0 Å². The van der Waals surface area contributed by atoms with E-state index in [9.17, 15) is 0 Å². The molecule has 0 atom stereocenters. The Balaban J connectivity index is 2.12. The predicted molar refractivity (Wildman–Crippen MR) is 110 cm³/mol. The van der Waals surface area contributed by atoms with Crippen molar-refractivity contribution in [3.63, 3.8) is 0 Å². The van der Waals surface area contributed by atoms with Gasteiger partial charge in [0.2, 0.25) is 0 Å². The van der Waals surface area contributed by atoms with E-state index in [1.807, 2.05) is 6.20 Å². The van der Waals surface area contributed by atoms with E-state index in [1.165, 1.54) is 16.7 Å². The third-order valence-electron chi connectivity index (χ3n) is 4.52. The van der Waals surface area contributed by atoms with Gasteiger partial charge in [-0.05, 0) is 39.3 Å². The number of hydrogen-bond acceptors (Lipinski definition) is 1. The molecule has 0 bridgehead atoms. The molecule has 0 saturated carbocycles. The van der Waals surface area contributed by atoms with E-state index in [0.29, 0.717) is 0 Å². The molecule has 0 aliphatic rings. The summed E-state index contributed by atoms with van der Waals surface area (Å²) in [6.07, 6.45) is 1.96. The number of imidazole rings is 1. The fourth-order valence-corrected chi connectivity index (χ4v) is 3.86. The van der Waals surface area contributed by atoms with Crippen LogP contribution in [0.2, 0.25) is 0 Å². The number of hydrogen-bond donors (Lipinski definition) is 1. The van der Waals surface area contributed by atoms with Gasteiger partial charge in [-0.15, -0.1) is 0 Å². The molecule has 0 unspecified atom stereocenters.